The Kier molecular flexibility index (Phi) is 3.65. The van der Waals surface area contributed by atoms with Gasteiger partial charge >= 0.3 is 0 Å². The first-order chi connectivity index (χ1) is 7.16. The molecule has 0 bridgehead atoms. The maximum Gasteiger partial charge on any atom is 0.0674 e. The number of hydrogen-bond acceptors (Lipinski definition) is 3. The molecule has 0 amide bonds. The van der Waals surface area contributed by atoms with Crippen LogP contribution in [-0.4, -0.2) is 48.8 Å². The van der Waals surface area contributed by atoms with Gasteiger partial charge in [0.2, 0.25) is 0 Å². The lowest BCUT2D eigenvalue weighted by molar-refractivity contribution is -0.0717. The number of ether oxygens (including phenoxy) is 1. The minimum atomic E-state index is 0.409. The van der Waals surface area contributed by atoms with E-state index in [9.17, 15) is 0 Å². The van der Waals surface area contributed by atoms with Crippen molar-refractivity contribution in [3.8, 4) is 0 Å². The molecular weight excluding hydrogens is 188 g/mol. The monoisotopic (exact) mass is 212 g/mol. The largest absolute Gasteiger partial charge is 0.376 e. The summed E-state index contributed by atoms with van der Waals surface area (Å²) in [6.45, 7) is 9.95. The first kappa shape index (κ1) is 11.4. The van der Waals surface area contributed by atoms with Crippen LogP contribution in [0.1, 0.15) is 33.6 Å². The van der Waals surface area contributed by atoms with E-state index in [1.807, 2.05) is 0 Å². The molecule has 2 aliphatic rings. The Balaban J connectivity index is 1.94. The van der Waals surface area contributed by atoms with Gasteiger partial charge in [-0.25, -0.2) is 0 Å². The topological polar surface area (TPSA) is 24.5 Å². The van der Waals surface area contributed by atoms with Crippen molar-refractivity contribution >= 4 is 0 Å². The molecule has 0 spiro atoms. The molecule has 3 nitrogen and oxygen atoms in total. The molecule has 2 saturated heterocycles. The summed E-state index contributed by atoms with van der Waals surface area (Å²) in [4.78, 5) is 2.66. The molecule has 0 radical (unpaired) electrons. The highest BCUT2D eigenvalue weighted by atomic mass is 16.5. The lowest BCUT2D eigenvalue weighted by Crippen LogP contribution is -2.55. The minimum Gasteiger partial charge on any atom is -0.376 e. The summed E-state index contributed by atoms with van der Waals surface area (Å²) in [7, 11) is 0. The molecule has 0 aliphatic carbocycles. The fraction of sp³-hybridized carbons (Fsp3) is 1.00. The van der Waals surface area contributed by atoms with Gasteiger partial charge in [0.05, 0.1) is 12.7 Å². The van der Waals surface area contributed by atoms with Crippen LogP contribution in [0.4, 0.5) is 0 Å². The van der Waals surface area contributed by atoms with Crippen molar-refractivity contribution in [3.05, 3.63) is 0 Å². The molecule has 4 atom stereocenters. The Labute approximate surface area is 93.2 Å². The Morgan fingerprint density at radius 2 is 2.07 bits per heavy atom. The molecule has 88 valence electrons. The fourth-order valence-corrected chi connectivity index (χ4v) is 2.84. The van der Waals surface area contributed by atoms with Gasteiger partial charge in [0, 0.05) is 24.7 Å². The minimum absolute atomic E-state index is 0.409. The number of nitrogens with zero attached hydrogens (tertiary/aromatic N) is 1. The fourth-order valence-electron chi connectivity index (χ4n) is 2.84. The number of morpholine rings is 1. The molecule has 4 unspecified atom stereocenters. The smallest absolute Gasteiger partial charge is 0.0674 e. The zero-order valence-corrected chi connectivity index (χ0v) is 10.2. The number of rotatable bonds is 1. The SMILES string of the molecule is CC1CC(N2CC(C)OCC2C)CCN1. The van der Waals surface area contributed by atoms with Crippen molar-refractivity contribution in [1.29, 1.82) is 0 Å². The van der Waals surface area contributed by atoms with Crippen molar-refractivity contribution in [2.75, 3.05) is 19.7 Å². The highest BCUT2D eigenvalue weighted by Crippen LogP contribution is 2.21. The van der Waals surface area contributed by atoms with Gasteiger partial charge in [-0.2, -0.15) is 0 Å². The van der Waals surface area contributed by atoms with Crippen LogP contribution in [-0.2, 0) is 4.74 Å². The van der Waals surface area contributed by atoms with E-state index < -0.39 is 0 Å². The van der Waals surface area contributed by atoms with Gasteiger partial charge < -0.3 is 10.1 Å². The molecule has 2 heterocycles. The lowest BCUT2D eigenvalue weighted by Gasteiger charge is -2.44. The Hall–Kier alpha value is -0.120. The van der Waals surface area contributed by atoms with E-state index in [0.717, 1.165) is 19.2 Å². The highest BCUT2D eigenvalue weighted by Gasteiger charge is 2.31. The summed E-state index contributed by atoms with van der Waals surface area (Å²) >= 11 is 0. The standard InChI is InChI=1S/C12H24N2O/c1-9-6-12(4-5-13-9)14-7-11(3)15-8-10(14)2/h9-13H,4-8H2,1-3H3. The van der Waals surface area contributed by atoms with Crippen LogP contribution in [0.15, 0.2) is 0 Å². The van der Waals surface area contributed by atoms with E-state index in [-0.39, 0.29) is 0 Å². The molecule has 0 aromatic carbocycles. The first-order valence-corrected chi connectivity index (χ1v) is 6.27. The quantitative estimate of drug-likeness (QED) is 0.707. The van der Waals surface area contributed by atoms with Gasteiger partial charge in [-0.05, 0) is 40.2 Å². The normalized spacial score (nSPS) is 44.2. The number of piperidine rings is 1. The second kappa shape index (κ2) is 4.81. The average molecular weight is 212 g/mol. The maximum atomic E-state index is 5.68. The Morgan fingerprint density at radius 3 is 2.80 bits per heavy atom. The Bertz CT molecular complexity index is 210. The number of nitrogens with one attached hydrogen (secondary N) is 1. The maximum absolute atomic E-state index is 5.68. The summed E-state index contributed by atoms with van der Waals surface area (Å²) in [6, 6.07) is 2.04. The van der Waals surface area contributed by atoms with Gasteiger partial charge in [-0.1, -0.05) is 0 Å². The number of hydrogen-bond donors (Lipinski definition) is 1. The van der Waals surface area contributed by atoms with Crippen molar-refractivity contribution in [2.45, 2.75) is 57.8 Å². The van der Waals surface area contributed by atoms with Gasteiger partial charge in [0.1, 0.15) is 0 Å². The zero-order chi connectivity index (χ0) is 10.8. The summed E-state index contributed by atoms with van der Waals surface area (Å²) < 4.78 is 5.68. The summed E-state index contributed by atoms with van der Waals surface area (Å²) in [5.74, 6) is 0. The molecule has 15 heavy (non-hydrogen) atoms. The predicted molar refractivity (Wildman–Crippen MR) is 62.1 cm³/mol. The zero-order valence-electron chi connectivity index (χ0n) is 10.2. The summed E-state index contributed by atoms with van der Waals surface area (Å²) in [5, 5.41) is 3.52. The van der Waals surface area contributed by atoms with E-state index in [2.05, 4.69) is 31.0 Å². The molecule has 0 saturated carbocycles. The van der Waals surface area contributed by atoms with E-state index >= 15 is 0 Å². The van der Waals surface area contributed by atoms with E-state index in [0.29, 0.717) is 18.2 Å². The van der Waals surface area contributed by atoms with Crippen molar-refractivity contribution in [3.63, 3.8) is 0 Å². The summed E-state index contributed by atoms with van der Waals surface area (Å²) in [6.07, 6.45) is 2.99. The van der Waals surface area contributed by atoms with E-state index in [1.165, 1.54) is 19.4 Å². The van der Waals surface area contributed by atoms with Crippen LogP contribution in [0.25, 0.3) is 0 Å². The second-order valence-electron chi connectivity index (χ2n) is 5.22. The van der Waals surface area contributed by atoms with Crippen LogP contribution < -0.4 is 5.32 Å². The molecule has 0 aromatic rings. The third-order valence-electron chi connectivity index (χ3n) is 3.72. The van der Waals surface area contributed by atoms with Crippen molar-refractivity contribution in [2.24, 2.45) is 0 Å². The lowest BCUT2D eigenvalue weighted by atomic mass is 9.97. The van der Waals surface area contributed by atoms with Gasteiger partial charge in [0.25, 0.3) is 0 Å². The van der Waals surface area contributed by atoms with Crippen LogP contribution in [0.5, 0.6) is 0 Å². The van der Waals surface area contributed by atoms with Gasteiger partial charge in [-0.3, -0.25) is 4.90 Å². The first-order valence-electron chi connectivity index (χ1n) is 6.27. The van der Waals surface area contributed by atoms with Crippen LogP contribution in [0.3, 0.4) is 0 Å². The predicted octanol–water partition coefficient (Wildman–Crippen LogP) is 1.24. The third-order valence-corrected chi connectivity index (χ3v) is 3.72. The highest BCUT2D eigenvalue weighted by molar-refractivity contribution is 4.87. The molecule has 1 N–H and O–H groups in total. The molecule has 2 aliphatic heterocycles. The molecular formula is C12H24N2O. The van der Waals surface area contributed by atoms with Gasteiger partial charge in [-0.15, -0.1) is 0 Å². The van der Waals surface area contributed by atoms with Crippen LogP contribution in [0.2, 0.25) is 0 Å². The third kappa shape index (κ3) is 2.71. The van der Waals surface area contributed by atoms with E-state index in [4.69, 9.17) is 4.74 Å². The molecule has 0 aromatic heterocycles. The van der Waals surface area contributed by atoms with Crippen LogP contribution >= 0.6 is 0 Å². The second-order valence-corrected chi connectivity index (χ2v) is 5.22. The summed E-state index contributed by atoms with van der Waals surface area (Å²) in [5.41, 5.74) is 0. The Morgan fingerprint density at radius 1 is 1.27 bits per heavy atom. The average Bonchev–Trinajstić information content (AvgIpc) is 2.22. The molecule has 2 rings (SSSR count). The van der Waals surface area contributed by atoms with Crippen LogP contribution in [0, 0.1) is 0 Å². The van der Waals surface area contributed by atoms with Crippen molar-refractivity contribution < 1.29 is 4.74 Å². The molecule has 2 fully saturated rings. The van der Waals surface area contributed by atoms with Gasteiger partial charge in [0.15, 0.2) is 0 Å². The van der Waals surface area contributed by atoms with E-state index in [1.54, 1.807) is 0 Å². The molecule has 3 heteroatoms. The van der Waals surface area contributed by atoms with Crippen molar-refractivity contribution in [1.82, 2.24) is 10.2 Å².